The maximum atomic E-state index is 6.20. The first-order chi connectivity index (χ1) is 7.66. The molecule has 1 aliphatic heterocycles. The van der Waals surface area contributed by atoms with Crippen LogP contribution >= 0.6 is 0 Å². The van der Waals surface area contributed by atoms with Crippen LogP contribution in [0.3, 0.4) is 0 Å². The van der Waals surface area contributed by atoms with Crippen molar-refractivity contribution in [3.8, 4) is 0 Å². The number of nitrogens with zero attached hydrogens (tertiary/aromatic N) is 1. The molecule has 1 heterocycles. The van der Waals surface area contributed by atoms with Gasteiger partial charge in [-0.2, -0.15) is 0 Å². The standard InChI is InChI=1S/C14H28N2/c1-11-4-3-5-13(7-6-11)16-9-8-12(2)14(15)10-16/h11-14H,3-10,15H2,1-2H3. The molecule has 0 spiro atoms. The Morgan fingerprint density at radius 2 is 1.81 bits per heavy atom. The summed E-state index contributed by atoms with van der Waals surface area (Å²) < 4.78 is 0. The predicted octanol–water partition coefficient (Wildman–Crippen LogP) is 2.62. The molecular formula is C14H28N2. The fourth-order valence-corrected chi connectivity index (χ4v) is 3.29. The lowest BCUT2D eigenvalue weighted by molar-refractivity contribution is 0.110. The van der Waals surface area contributed by atoms with E-state index in [4.69, 9.17) is 5.73 Å². The van der Waals surface area contributed by atoms with E-state index >= 15 is 0 Å². The van der Waals surface area contributed by atoms with E-state index in [1.807, 2.05) is 0 Å². The van der Waals surface area contributed by atoms with Gasteiger partial charge < -0.3 is 5.73 Å². The Kier molecular flexibility index (Phi) is 4.26. The van der Waals surface area contributed by atoms with Gasteiger partial charge in [-0.05, 0) is 44.1 Å². The third-order valence-electron chi connectivity index (χ3n) is 4.79. The van der Waals surface area contributed by atoms with Crippen LogP contribution in [-0.2, 0) is 0 Å². The minimum Gasteiger partial charge on any atom is -0.326 e. The minimum atomic E-state index is 0.412. The highest BCUT2D eigenvalue weighted by molar-refractivity contribution is 4.85. The summed E-state index contributed by atoms with van der Waals surface area (Å²) in [6.07, 6.45) is 8.40. The number of likely N-dealkylation sites (tertiary alicyclic amines) is 1. The maximum absolute atomic E-state index is 6.20. The molecule has 0 aromatic heterocycles. The minimum absolute atomic E-state index is 0.412. The van der Waals surface area contributed by atoms with Crippen molar-refractivity contribution in [3.05, 3.63) is 0 Å². The molecule has 1 aliphatic carbocycles. The van der Waals surface area contributed by atoms with Crippen molar-refractivity contribution in [2.75, 3.05) is 13.1 Å². The summed E-state index contributed by atoms with van der Waals surface area (Å²) in [6.45, 7) is 7.14. The Hall–Kier alpha value is -0.0800. The molecule has 0 aromatic carbocycles. The molecule has 0 bridgehead atoms. The molecule has 94 valence electrons. The molecule has 16 heavy (non-hydrogen) atoms. The molecule has 1 saturated carbocycles. The van der Waals surface area contributed by atoms with E-state index in [1.54, 1.807) is 0 Å². The zero-order valence-electron chi connectivity index (χ0n) is 11.0. The maximum Gasteiger partial charge on any atom is 0.0194 e. The van der Waals surface area contributed by atoms with Crippen molar-refractivity contribution in [3.63, 3.8) is 0 Å². The van der Waals surface area contributed by atoms with Crippen LogP contribution in [0, 0.1) is 11.8 Å². The van der Waals surface area contributed by atoms with Crippen molar-refractivity contribution >= 4 is 0 Å². The van der Waals surface area contributed by atoms with Gasteiger partial charge in [0.1, 0.15) is 0 Å². The van der Waals surface area contributed by atoms with Gasteiger partial charge in [0.15, 0.2) is 0 Å². The molecule has 2 fully saturated rings. The second kappa shape index (κ2) is 5.50. The second-order valence-corrected chi connectivity index (χ2v) is 6.19. The van der Waals surface area contributed by atoms with Gasteiger partial charge in [0.2, 0.25) is 0 Å². The van der Waals surface area contributed by atoms with Gasteiger partial charge in [0.25, 0.3) is 0 Å². The lowest BCUT2D eigenvalue weighted by Gasteiger charge is -2.39. The molecule has 2 nitrogen and oxygen atoms in total. The third kappa shape index (κ3) is 2.98. The molecule has 2 aliphatic rings. The van der Waals surface area contributed by atoms with Crippen LogP contribution in [0.15, 0.2) is 0 Å². The fraction of sp³-hybridized carbons (Fsp3) is 1.00. The second-order valence-electron chi connectivity index (χ2n) is 6.19. The smallest absolute Gasteiger partial charge is 0.0194 e. The first-order valence-corrected chi connectivity index (χ1v) is 7.16. The van der Waals surface area contributed by atoms with Crippen LogP contribution in [0.1, 0.15) is 52.4 Å². The Bertz CT molecular complexity index is 215. The highest BCUT2D eigenvalue weighted by atomic mass is 15.2. The van der Waals surface area contributed by atoms with E-state index in [9.17, 15) is 0 Å². The van der Waals surface area contributed by atoms with Gasteiger partial charge in [-0.1, -0.05) is 26.7 Å². The van der Waals surface area contributed by atoms with Gasteiger partial charge in [-0.3, -0.25) is 4.90 Å². The summed E-state index contributed by atoms with van der Waals surface area (Å²) in [6, 6.07) is 1.25. The van der Waals surface area contributed by atoms with Crippen molar-refractivity contribution in [1.29, 1.82) is 0 Å². The Labute approximate surface area is 101 Å². The third-order valence-corrected chi connectivity index (χ3v) is 4.79. The SMILES string of the molecule is CC1CCCC(N2CCC(C)C(N)C2)CC1. The topological polar surface area (TPSA) is 29.3 Å². The first-order valence-electron chi connectivity index (χ1n) is 7.16. The summed E-state index contributed by atoms with van der Waals surface area (Å²) in [5.74, 6) is 1.67. The van der Waals surface area contributed by atoms with Crippen molar-refractivity contribution in [2.24, 2.45) is 17.6 Å². The molecule has 2 heteroatoms. The van der Waals surface area contributed by atoms with Gasteiger partial charge >= 0.3 is 0 Å². The van der Waals surface area contributed by atoms with Crippen molar-refractivity contribution < 1.29 is 0 Å². The summed E-state index contributed by atoms with van der Waals surface area (Å²) in [4.78, 5) is 2.68. The number of piperidine rings is 1. The Balaban J connectivity index is 1.87. The summed E-state index contributed by atoms with van der Waals surface area (Å²) in [5, 5.41) is 0. The number of hydrogen-bond donors (Lipinski definition) is 1. The fourth-order valence-electron chi connectivity index (χ4n) is 3.29. The number of hydrogen-bond acceptors (Lipinski definition) is 2. The van der Waals surface area contributed by atoms with Gasteiger partial charge in [0.05, 0.1) is 0 Å². The molecule has 0 aromatic rings. The normalized spacial score (nSPS) is 42.9. The van der Waals surface area contributed by atoms with Crippen LogP contribution in [0.4, 0.5) is 0 Å². The quantitative estimate of drug-likeness (QED) is 0.694. The van der Waals surface area contributed by atoms with Crippen LogP contribution < -0.4 is 5.73 Å². The molecule has 0 amide bonds. The zero-order valence-corrected chi connectivity index (χ0v) is 11.0. The van der Waals surface area contributed by atoms with E-state index in [0.29, 0.717) is 6.04 Å². The first kappa shape index (κ1) is 12.4. The van der Waals surface area contributed by atoms with Gasteiger partial charge in [-0.15, -0.1) is 0 Å². The molecule has 2 N–H and O–H groups in total. The molecule has 2 rings (SSSR count). The highest BCUT2D eigenvalue weighted by Gasteiger charge is 2.28. The largest absolute Gasteiger partial charge is 0.326 e. The van der Waals surface area contributed by atoms with E-state index in [2.05, 4.69) is 18.7 Å². The summed E-state index contributed by atoms with van der Waals surface area (Å²) in [5.41, 5.74) is 6.20. The van der Waals surface area contributed by atoms with E-state index in [1.165, 1.54) is 45.1 Å². The average Bonchev–Trinajstić information content (AvgIpc) is 2.47. The molecular weight excluding hydrogens is 196 g/mol. The van der Waals surface area contributed by atoms with Crippen LogP contribution in [-0.4, -0.2) is 30.1 Å². The van der Waals surface area contributed by atoms with Crippen LogP contribution in [0.5, 0.6) is 0 Å². The molecule has 1 saturated heterocycles. The number of nitrogens with two attached hydrogens (primary N) is 1. The summed E-state index contributed by atoms with van der Waals surface area (Å²) >= 11 is 0. The van der Waals surface area contributed by atoms with Crippen molar-refractivity contribution in [1.82, 2.24) is 4.90 Å². The lowest BCUT2D eigenvalue weighted by Crippen LogP contribution is -2.51. The molecule has 4 atom stereocenters. The summed E-state index contributed by atoms with van der Waals surface area (Å²) in [7, 11) is 0. The Morgan fingerprint density at radius 1 is 1.00 bits per heavy atom. The molecule has 0 radical (unpaired) electrons. The van der Waals surface area contributed by atoms with Crippen LogP contribution in [0.25, 0.3) is 0 Å². The van der Waals surface area contributed by atoms with E-state index < -0.39 is 0 Å². The molecule has 4 unspecified atom stereocenters. The van der Waals surface area contributed by atoms with E-state index in [0.717, 1.165) is 24.4 Å². The lowest BCUT2D eigenvalue weighted by atomic mass is 9.92. The Morgan fingerprint density at radius 3 is 2.56 bits per heavy atom. The van der Waals surface area contributed by atoms with Gasteiger partial charge in [-0.25, -0.2) is 0 Å². The van der Waals surface area contributed by atoms with E-state index in [-0.39, 0.29) is 0 Å². The highest BCUT2D eigenvalue weighted by Crippen LogP contribution is 2.28. The number of rotatable bonds is 1. The predicted molar refractivity (Wildman–Crippen MR) is 69.4 cm³/mol. The van der Waals surface area contributed by atoms with Crippen molar-refractivity contribution in [2.45, 2.75) is 64.5 Å². The van der Waals surface area contributed by atoms with Crippen LogP contribution in [0.2, 0.25) is 0 Å². The average molecular weight is 224 g/mol. The van der Waals surface area contributed by atoms with Gasteiger partial charge in [0, 0.05) is 18.6 Å². The zero-order chi connectivity index (χ0) is 11.5. The monoisotopic (exact) mass is 224 g/mol.